The summed E-state index contributed by atoms with van der Waals surface area (Å²) in [6, 6.07) is 7.43. The van der Waals surface area contributed by atoms with E-state index < -0.39 is 6.04 Å². The number of imide groups is 1. The minimum Gasteiger partial charge on any atom is -0.347 e. The molecule has 1 fully saturated rings. The Hall–Kier alpha value is -2.43. The highest BCUT2D eigenvalue weighted by atomic mass is 16.2. The normalized spacial score (nSPS) is 27.0. The maximum Gasteiger partial charge on any atom is 0.243 e. The molecule has 2 aliphatic carbocycles. The van der Waals surface area contributed by atoms with E-state index in [1.54, 1.807) is 0 Å². The van der Waals surface area contributed by atoms with Gasteiger partial charge in [-0.2, -0.15) is 0 Å². The Bertz CT molecular complexity index is 818. The Kier molecular flexibility index (Phi) is 5.57. The zero-order chi connectivity index (χ0) is 20.5. The van der Waals surface area contributed by atoms with E-state index in [-0.39, 0.29) is 41.5 Å². The molecule has 3 aliphatic rings. The van der Waals surface area contributed by atoms with Crippen LogP contribution < -0.4 is 5.32 Å². The van der Waals surface area contributed by atoms with E-state index >= 15 is 0 Å². The molecule has 0 aromatic heterocycles. The average molecular weight is 395 g/mol. The van der Waals surface area contributed by atoms with Gasteiger partial charge in [0.1, 0.15) is 6.04 Å². The second-order valence-electron chi connectivity index (χ2n) is 9.00. The molecule has 4 atom stereocenters. The number of fused-ring (bicyclic) bond motifs is 2. The van der Waals surface area contributed by atoms with Crippen LogP contribution in [0.3, 0.4) is 0 Å². The Morgan fingerprint density at radius 2 is 1.76 bits per heavy atom. The van der Waals surface area contributed by atoms with Gasteiger partial charge in [-0.3, -0.25) is 19.3 Å². The van der Waals surface area contributed by atoms with Gasteiger partial charge in [0, 0.05) is 0 Å². The lowest BCUT2D eigenvalue weighted by Crippen LogP contribution is -2.51. The third-order valence-corrected chi connectivity index (χ3v) is 6.54. The molecule has 1 heterocycles. The predicted molar refractivity (Wildman–Crippen MR) is 111 cm³/mol. The molecule has 0 bridgehead atoms. The highest BCUT2D eigenvalue weighted by Gasteiger charge is 2.51. The second-order valence-corrected chi connectivity index (χ2v) is 9.00. The molecule has 0 spiro atoms. The van der Waals surface area contributed by atoms with Crippen LogP contribution in [0.5, 0.6) is 0 Å². The molecule has 3 amide bonds. The summed E-state index contributed by atoms with van der Waals surface area (Å²) in [4.78, 5) is 40.8. The first-order chi connectivity index (χ1) is 14.0. The van der Waals surface area contributed by atoms with Crippen LogP contribution in [0.4, 0.5) is 0 Å². The molecule has 1 aliphatic heterocycles. The molecular weight excluding hydrogens is 364 g/mol. The number of nitrogens with one attached hydrogen (secondary N) is 1. The first kappa shape index (κ1) is 19.9. The zero-order valence-electron chi connectivity index (χ0n) is 17.3. The van der Waals surface area contributed by atoms with Gasteiger partial charge in [0.25, 0.3) is 0 Å². The van der Waals surface area contributed by atoms with Gasteiger partial charge in [-0.1, -0.05) is 50.3 Å². The van der Waals surface area contributed by atoms with Gasteiger partial charge in [-0.15, -0.1) is 0 Å². The predicted octanol–water partition coefficient (Wildman–Crippen LogP) is 3.55. The lowest BCUT2D eigenvalue weighted by molar-refractivity contribution is -0.148. The van der Waals surface area contributed by atoms with Crippen LogP contribution in [-0.4, -0.2) is 28.7 Å². The van der Waals surface area contributed by atoms with Crippen molar-refractivity contribution in [2.75, 3.05) is 0 Å². The number of hydrogen-bond acceptors (Lipinski definition) is 3. The van der Waals surface area contributed by atoms with Crippen LogP contribution in [0.15, 0.2) is 36.4 Å². The first-order valence-corrected chi connectivity index (χ1v) is 10.9. The quantitative estimate of drug-likeness (QED) is 0.614. The number of carbonyl (C=O) groups is 3. The van der Waals surface area contributed by atoms with Crippen LogP contribution >= 0.6 is 0 Å². The number of amides is 3. The number of allylic oxidation sites excluding steroid dienone is 2. The standard InChI is InChI=1S/C24H30N2O3/c1-15(2)14-21(26-23(28)18-11-5-6-12-19(18)24(26)29)22(27)25-20-13-7-9-16-8-3-4-10-17(16)20/h3-6,8,10,15,18-21H,7,9,11-14H2,1-2H3,(H,25,27). The Labute approximate surface area is 172 Å². The lowest BCUT2D eigenvalue weighted by atomic mass is 9.85. The number of aryl methyl sites for hydroxylation is 1. The van der Waals surface area contributed by atoms with E-state index in [1.165, 1.54) is 10.5 Å². The number of rotatable bonds is 5. The van der Waals surface area contributed by atoms with Crippen LogP contribution in [0.2, 0.25) is 0 Å². The van der Waals surface area contributed by atoms with Crippen molar-refractivity contribution in [3.63, 3.8) is 0 Å². The fourth-order valence-corrected chi connectivity index (χ4v) is 5.08. The summed E-state index contributed by atoms with van der Waals surface area (Å²) >= 11 is 0. The highest BCUT2D eigenvalue weighted by Crippen LogP contribution is 2.37. The van der Waals surface area contributed by atoms with Crippen LogP contribution in [-0.2, 0) is 20.8 Å². The van der Waals surface area contributed by atoms with Crippen molar-refractivity contribution < 1.29 is 14.4 Å². The largest absolute Gasteiger partial charge is 0.347 e. The maximum atomic E-state index is 13.4. The fourth-order valence-electron chi connectivity index (χ4n) is 5.08. The molecule has 29 heavy (non-hydrogen) atoms. The van der Waals surface area contributed by atoms with Crippen molar-refractivity contribution >= 4 is 17.7 Å². The number of carbonyl (C=O) groups excluding carboxylic acids is 3. The van der Waals surface area contributed by atoms with Crippen molar-refractivity contribution in [2.24, 2.45) is 17.8 Å². The fraction of sp³-hybridized carbons (Fsp3) is 0.542. The number of hydrogen-bond donors (Lipinski definition) is 1. The van der Waals surface area contributed by atoms with E-state index in [1.807, 2.05) is 38.1 Å². The molecule has 1 N–H and O–H groups in total. The van der Waals surface area contributed by atoms with Crippen LogP contribution in [0.1, 0.15) is 63.1 Å². The van der Waals surface area contributed by atoms with Gasteiger partial charge in [-0.05, 0) is 55.6 Å². The van der Waals surface area contributed by atoms with Gasteiger partial charge in [0.05, 0.1) is 17.9 Å². The Balaban J connectivity index is 1.57. The number of likely N-dealkylation sites (tertiary alicyclic amines) is 1. The molecule has 5 nitrogen and oxygen atoms in total. The molecule has 4 unspecified atom stereocenters. The van der Waals surface area contributed by atoms with E-state index in [9.17, 15) is 14.4 Å². The zero-order valence-corrected chi connectivity index (χ0v) is 17.3. The number of benzene rings is 1. The van der Waals surface area contributed by atoms with Crippen LogP contribution in [0, 0.1) is 17.8 Å². The summed E-state index contributed by atoms with van der Waals surface area (Å²) in [5, 5.41) is 3.18. The summed E-state index contributed by atoms with van der Waals surface area (Å²) < 4.78 is 0. The molecule has 154 valence electrons. The lowest BCUT2D eigenvalue weighted by Gasteiger charge is -2.31. The first-order valence-electron chi connectivity index (χ1n) is 10.9. The summed E-state index contributed by atoms with van der Waals surface area (Å²) in [5.74, 6) is -0.946. The Morgan fingerprint density at radius 3 is 2.41 bits per heavy atom. The summed E-state index contributed by atoms with van der Waals surface area (Å²) in [7, 11) is 0. The van der Waals surface area contributed by atoms with E-state index in [0.717, 1.165) is 24.8 Å². The molecule has 0 radical (unpaired) electrons. The van der Waals surface area contributed by atoms with Gasteiger partial charge >= 0.3 is 0 Å². The van der Waals surface area contributed by atoms with Gasteiger partial charge in [0.15, 0.2) is 0 Å². The third-order valence-electron chi connectivity index (χ3n) is 6.54. The van der Waals surface area contributed by atoms with Crippen molar-refractivity contribution in [3.8, 4) is 0 Å². The maximum absolute atomic E-state index is 13.4. The minimum atomic E-state index is -0.727. The van der Waals surface area contributed by atoms with Gasteiger partial charge in [0.2, 0.25) is 17.7 Å². The smallest absolute Gasteiger partial charge is 0.243 e. The van der Waals surface area contributed by atoms with E-state index in [0.29, 0.717) is 19.3 Å². The summed E-state index contributed by atoms with van der Waals surface area (Å²) in [5.41, 5.74) is 2.43. The topological polar surface area (TPSA) is 66.5 Å². The minimum absolute atomic E-state index is 0.0566. The molecule has 5 heteroatoms. The second kappa shape index (κ2) is 8.13. The molecule has 4 rings (SSSR count). The van der Waals surface area contributed by atoms with Gasteiger partial charge < -0.3 is 5.32 Å². The molecule has 1 aromatic rings. The van der Waals surface area contributed by atoms with E-state index in [4.69, 9.17) is 0 Å². The molecule has 1 aromatic carbocycles. The summed E-state index contributed by atoms with van der Waals surface area (Å²) in [6.45, 7) is 4.05. The molecule has 1 saturated heterocycles. The Morgan fingerprint density at radius 1 is 1.10 bits per heavy atom. The number of nitrogens with zero attached hydrogens (tertiary/aromatic N) is 1. The van der Waals surface area contributed by atoms with Crippen molar-refractivity contribution in [2.45, 2.75) is 64.5 Å². The SMILES string of the molecule is CC(C)CC(C(=O)NC1CCCc2ccccc21)N1C(=O)C2CC=CCC2C1=O. The van der Waals surface area contributed by atoms with Crippen molar-refractivity contribution in [1.82, 2.24) is 10.2 Å². The highest BCUT2D eigenvalue weighted by molar-refractivity contribution is 6.08. The van der Waals surface area contributed by atoms with Crippen LogP contribution in [0.25, 0.3) is 0 Å². The molecular formula is C24H30N2O3. The van der Waals surface area contributed by atoms with Crippen molar-refractivity contribution in [1.29, 1.82) is 0 Å². The molecule has 0 saturated carbocycles. The van der Waals surface area contributed by atoms with Crippen molar-refractivity contribution in [3.05, 3.63) is 47.5 Å². The third kappa shape index (κ3) is 3.75. The average Bonchev–Trinajstić information content (AvgIpc) is 2.97. The summed E-state index contributed by atoms with van der Waals surface area (Å²) in [6.07, 6.45) is 8.57. The van der Waals surface area contributed by atoms with E-state index in [2.05, 4.69) is 17.4 Å². The monoisotopic (exact) mass is 394 g/mol. The van der Waals surface area contributed by atoms with Gasteiger partial charge in [-0.25, -0.2) is 0 Å².